The summed E-state index contributed by atoms with van der Waals surface area (Å²) in [4.78, 5) is 0. The Bertz CT molecular complexity index is 394. The van der Waals surface area contributed by atoms with Crippen molar-refractivity contribution >= 4 is 0 Å². The van der Waals surface area contributed by atoms with Gasteiger partial charge in [-0.1, -0.05) is 25.3 Å². The van der Waals surface area contributed by atoms with Crippen molar-refractivity contribution < 1.29 is 4.74 Å². The largest absolute Gasteiger partial charge is 0.496 e. The fourth-order valence-corrected chi connectivity index (χ4v) is 2.74. The van der Waals surface area contributed by atoms with Crippen LogP contribution in [-0.4, -0.2) is 13.2 Å². The molecule has 0 aliphatic heterocycles. The summed E-state index contributed by atoms with van der Waals surface area (Å²) in [5, 5.41) is 3.68. The van der Waals surface area contributed by atoms with Gasteiger partial charge in [-0.05, 0) is 43.9 Å². The fraction of sp³-hybridized carbons (Fsp3) is 0.625. The second-order valence-corrected chi connectivity index (χ2v) is 5.46. The molecular weight excluding hydrogens is 222 g/mol. The minimum Gasteiger partial charge on any atom is -0.496 e. The maximum atomic E-state index is 5.48. The number of ether oxygens (including phenoxy) is 1. The Balaban J connectivity index is 2.01. The first kappa shape index (κ1) is 13.4. The second-order valence-electron chi connectivity index (χ2n) is 5.46. The Morgan fingerprint density at radius 1 is 1.11 bits per heavy atom. The molecule has 0 saturated heterocycles. The van der Waals surface area contributed by atoms with Crippen LogP contribution in [0.25, 0.3) is 0 Å². The first-order chi connectivity index (χ1) is 8.70. The lowest BCUT2D eigenvalue weighted by Crippen LogP contribution is -2.30. The summed E-state index contributed by atoms with van der Waals surface area (Å²) in [6.45, 7) is 5.23. The minimum atomic E-state index is 0.699. The molecule has 0 unspecified atom stereocenters. The highest BCUT2D eigenvalue weighted by Gasteiger charge is 2.13. The van der Waals surface area contributed by atoms with Crippen molar-refractivity contribution in [1.82, 2.24) is 5.32 Å². The predicted molar refractivity (Wildman–Crippen MR) is 76.2 cm³/mol. The van der Waals surface area contributed by atoms with E-state index in [0.717, 1.165) is 12.3 Å². The third kappa shape index (κ3) is 3.26. The van der Waals surface area contributed by atoms with E-state index in [-0.39, 0.29) is 0 Å². The van der Waals surface area contributed by atoms with Crippen LogP contribution in [0.3, 0.4) is 0 Å². The Hall–Kier alpha value is -1.02. The molecule has 0 aromatic heterocycles. The summed E-state index contributed by atoms with van der Waals surface area (Å²) in [6.07, 6.45) is 6.81. The number of hydrogen-bond donors (Lipinski definition) is 1. The van der Waals surface area contributed by atoms with E-state index >= 15 is 0 Å². The van der Waals surface area contributed by atoms with Crippen LogP contribution in [0.2, 0.25) is 0 Å². The molecule has 1 fully saturated rings. The van der Waals surface area contributed by atoms with Crippen LogP contribution in [0.5, 0.6) is 5.75 Å². The van der Waals surface area contributed by atoms with Crippen molar-refractivity contribution in [3.05, 3.63) is 28.8 Å². The molecule has 2 rings (SSSR count). The van der Waals surface area contributed by atoms with Crippen molar-refractivity contribution in [3.8, 4) is 5.75 Å². The molecule has 0 atom stereocenters. The van der Waals surface area contributed by atoms with E-state index in [2.05, 4.69) is 31.3 Å². The smallest absolute Gasteiger partial charge is 0.123 e. The number of benzene rings is 1. The molecule has 1 aromatic carbocycles. The standard InChI is InChI=1S/C16H25NO/c1-12-9-14(16(18-3)10-13(12)2)11-17-15-7-5-4-6-8-15/h9-10,15,17H,4-8,11H2,1-3H3. The van der Waals surface area contributed by atoms with Gasteiger partial charge in [-0.15, -0.1) is 0 Å². The van der Waals surface area contributed by atoms with Gasteiger partial charge in [-0.3, -0.25) is 0 Å². The van der Waals surface area contributed by atoms with E-state index in [4.69, 9.17) is 4.74 Å². The third-order valence-corrected chi connectivity index (χ3v) is 4.08. The molecule has 18 heavy (non-hydrogen) atoms. The van der Waals surface area contributed by atoms with Crippen LogP contribution in [-0.2, 0) is 6.54 Å². The normalized spacial score (nSPS) is 16.8. The van der Waals surface area contributed by atoms with Crippen LogP contribution in [0, 0.1) is 13.8 Å². The summed E-state index contributed by atoms with van der Waals surface area (Å²) in [5.41, 5.74) is 3.93. The molecular formula is C16H25NO. The van der Waals surface area contributed by atoms with Gasteiger partial charge in [-0.2, -0.15) is 0 Å². The summed E-state index contributed by atoms with van der Waals surface area (Å²) >= 11 is 0. The van der Waals surface area contributed by atoms with Gasteiger partial charge in [-0.25, -0.2) is 0 Å². The average molecular weight is 247 g/mol. The number of hydrogen-bond acceptors (Lipinski definition) is 2. The first-order valence-corrected chi connectivity index (χ1v) is 7.08. The topological polar surface area (TPSA) is 21.3 Å². The van der Waals surface area contributed by atoms with Crippen LogP contribution in [0.1, 0.15) is 48.8 Å². The third-order valence-electron chi connectivity index (χ3n) is 4.08. The van der Waals surface area contributed by atoms with Gasteiger partial charge in [0.15, 0.2) is 0 Å². The van der Waals surface area contributed by atoms with Crippen LogP contribution < -0.4 is 10.1 Å². The Morgan fingerprint density at radius 2 is 1.78 bits per heavy atom. The van der Waals surface area contributed by atoms with Crippen LogP contribution in [0.4, 0.5) is 0 Å². The van der Waals surface area contributed by atoms with E-state index in [9.17, 15) is 0 Å². The molecule has 0 spiro atoms. The minimum absolute atomic E-state index is 0.699. The van der Waals surface area contributed by atoms with Gasteiger partial charge in [0.05, 0.1) is 7.11 Å². The molecule has 100 valence electrons. The highest BCUT2D eigenvalue weighted by molar-refractivity contribution is 5.41. The Labute approximate surface area is 111 Å². The van der Waals surface area contributed by atoms with Gasteiger partial charge in [0, 0.05) is 18.2 Å². The second kappa shape index (κ2) is 6.24. The molecule has 2 heteroatoms. The van der Waals surface area contributed by atoms with Crippen LogP contribution >= 0.6 is 0 Å². The van der Waals surface area contributed by atoms with Gasteiger partial charge in [0.1, 0.15) is 5.75 Å². The number of methoxy groups -OCH3 is 1. The van der Waals surface area contributed by atoms with E-state index in [1.165, 1.54) is 48.8 Å². The van der Waals surface area contributed by atoms with Gasteiger partial charge < -0.3 is 10.1 Å². The Morgan fingerprint density at radius 3 is 2.44 bits per heavy atom. The Kier molecular flexibility index (Phi) is 4.65. The van der Waals surface area contributed by atoms with Crippen LogP contribution in [0.15, 0.2) is 12.1 Å². The fourth-order valence-electron chi connectivity index (χ4n) is 2.74. The zero-order valence-electron chi connectivity index (χ0n) is 11.9. The van der Waals surface area contributed by atoms with Gasteiger partial charge in [0.25, 0.3) is 0 Å². The first-order valence-electron chi connectivity index (χ1n) is 7.08. The molecule has 1 aliphatic carbocycles. The quantitative estimate of drug-likeness (QED) is 0.875. The summed E-state index contributed by atoms with van der Waals surface area (Å²) < 4.78 is 5.48. The lowest BCUT2D eigenvalue weighted by Gasteiger charge is -2.23. The summed E-state index contributed by atoms with van der Waals surface area (Å²) in [6, 6.07) is 5.10. The lowest BCUT2D eigenvalue weighted by molar-refractivity contribution is 0.365. The lowest BCUT2D eigenvalue weighted by atomic mass is 9.95. The molecule has 0 radical (unpaired) electrons. The summed E-state index contributed by atoms with van der Waals surface area (Å²) in [5.74, 6) is 1.02. The molecule has 0 heterocycles. The SMILES string of the molecule is COc1cc(C)c(C)cc1CNC1CCCCC1. The zero-order valence-corrected chi connectivity index (χ0v) is 11.9. The number of aryl methyl sites for hydroxylation is 2. The number of rotatable bonds is 4. The maximum absolute atomic E-state index is 5.48. The van der Waals surface area contributed by atoms with Crippen molar-refractivity contribution in [2.24, 2.45) is 0 Å². The van der Waals surface area contributed by atoms with E-state index in [0.29, 0.717) is 6.04 Å². The summed E-state index contributed by atoms with van der Waals surface area (Å²) in [7, 11) is 1.76. The van der Waals surface area contributed by atoms with E-state index in [1.54, 1.807) is 7.11 Å². The maximum Gasteiger partial charge on any atom is 0.123 e. The molecule has 1 saturated carbocycles. The molecule has 1 N–H and O–H groups in total. The highest BCUT2D eigenvalue weighted by Crippen LogP contribution is 2.24. The molecule has 2 nitrogen and oxygen atoms in total. The molecule has 0 bridgehead atoms. The number of nitrogens with one attached hydrogen (secondary N) is 1. The molecule has 0 amide bonds. The molecule has 1 aliphatic rings. The highest BCUT2D eigenvalue weighted by atomic mass is 16.5. The van der Waals surface area contributed by atoms with E-state index < -0.39 is 0 Å². The molecule has 1 aromatic rings. The van der Waals surface area contributed by atoms with Crippen molar-refractivity contribution in [2.45, 2.75) is 58.5 Å². The monoisotopic (exact) mass is 247 g/mol. The van der Waals surface area contributed by atoms with Gasteiger partial charge >= 0.3 is 0 Å². The van der Waals surface area contributed by atoms with Crippen molar-refractivity contribution in [2.75, 3.05) is 7.11 Å². The zero-order chi connectivity index (χ0) is 13.0. The van der Waals surface area contributed by atoms with Gasteiger partial charge in [0.2, 0.25) is 0 Å². The van der Waals surface area contributed by atoms with Crippen molar-refractivity contribution in [1.29, 1.82) is 0 Å². The van der Waals surface area contributed by atoms with Crippen molar-refractivity contribution in [3.63, 3.8) is 0 Å². The average Bonchev–Trinajstić information content (AvgIpc) is 2.41. The van der Waals surface area contributed by atoms with E-state index in [1.807, 2.05) is 0 Å². The predicted octanol–water partition coefficient (Wildman–Crippen LogP) is 3.73.